The Bertz CT molecular complexity index is 371. The van der Waals surface area contributed by atoms with Crippen molar-refractivity contribution in [3.63, 3.8) is 0 Å². The van der Waals surface area contributed by atoms with Gasteiger partial charge in [0.1, 0.15) is 6.54 Å². The first-order valence-corrected chi connectivity index (χ1v) is 6.63. The van der Waals surface area contributed by atoms with E-state index in [1.807, 2.05) is 30.8 Å². The molecule has 102 valence electrons. The highest BCUT2D eigenvalue weighted by Gasteiger charge is 2.09. The summed E-state index contributed by atoms with van der Waals surface area (Å²) < 4.78 is 2.02. The minimum absolute atomic E-state index is 0.152. The molecule has 18 heavy (non-hydrogen) atoms. The fraction of sp³-hybridized carbons (Fsp3) is 0.643. The number of rotatable bonds is 7. The molecule has 4 nitrogen and oxygen atoms in total. The van der Waals surface area contributed by atoms with Gasteiger partial charge in [-0.05, 0) is 31.5 Å². The lowest BCUT2D eigenvalue weighted by molar-refractivity contribution is -0.130. The Balaban J connectivity index is 2.52. The number of likely N-dealkylation sites (N-methyl/N-ethyl adjacent to an activating group) is 1. The predicted octanol–water partition coefficient (Wildman–Crippen LogP) is 1.71. The zero-order valence-electron chi connectivity index (χ0n) is 11.9. The summed E-state index contributed by atoms with van der Waals surface area (Å²) in [5.74, 6) is 0.792. The lowest BCUT2D eigenvalue weighted by Gasteiger charge is -2.16. The van der Waals surface area contributed by atoms with Crippen LogP contribution in [0.3, 0.4) is 0 Å². The standard InChI is InChI=1S/C14H25N3O/c1-5-16(4)14(18)11-17-8-6-7-13(17)10-15-9-12(2)3/h6-8,12,15H,5,9-11H2,1-4H3. The Kier molecular flexibility index (Phi) is 5.92. The molecule has 1 aromatic heterocycles. The van der Waals surface area contributed by atoms with E-state index in [-0.39, 0.29) is 5.91 Å². The maximum absolute atomic E-state index is 11.9. The van der Waals surface area contributed by atoms with Crippen LogP contribution < -0.4 is 5.32 Å². The average Bonchev–Trinajstić information content (AvgIpc) is 2.75. The Morgan fingerprint density at radius 1 is 1.50 bits per heavy atom. The zero-order valence-corrected chi connectivity index (χ0v) is 11.9. The summed E-state index contributed by atoms with van der Waals surface area (Å²) in [6, 6.07) is 4.05. The Morgan fingerprint density at radius 3 is 2.83 bits per heavy atom. The minimum atomic E-state index is 0.152. The topological polar surface area (TPSA) is 37.3 Å². The summed E-state index contributed by atoms with van der Waals surface area (Å²) in [5, 5.41) is 3.40. The first kappa shape index (κ1) is 14.8. The molecule has 1 N–H and O–H groups in total. The minimum Gasteiger partial charge on any atom is -0.344 e. The van der Waals surface area contributed by atoms with Gasteiger partial charge in [-0.25, -0.2) is 0 Å². The van der Waals surface area contributed by atoms with Crippen LogP contribution in [0.15, 0.2) is 18.3 Å². The van der Waals surface area contributed by atoms with Gasteiger partial charge in [0, 0.05) is 32.0 Å². The van der Waals surface area contributed by atoms with Gasteiger partial charge < -0.3 is 14.8 Å². The molecule has 0 bridgehead atoms. The van der Waals surface area contributed by atoms with Crippen LogP contribution >= 0.6 is 0 Å². The number of hydrogen-bond donors (Lipinski definition) is 1. The average molecular weight is 251 g/mol. The van der Waals surface area contributed by atoms with Crippen LogP contribution in [0.5, 0.6) is 0 Å². The van der Waals surface area contributed by atoms with E-state index in [0.717, 1.165) is 25.3 Å². The Labute approximate surface area is 110 Å². The molecule has 0 fully saturated rings. The van der Waals surface area contributed by atoms with Crippen molar-refractivity contribution < 1.29 is 4.79 Å². The van der Waals surface area contributed by atoms with Crippen molar-refractivity contribution in [1.82, 2.24) is 14.8 Å². The van der Waals surface area contributed by atoms with Crippen molar-refractivity contribution in [2.45, 2.75) is 33.9 Å². The van der Waals surface area contributed by atoms with Crippen LogP contribution in [-0.4, -0.2) is 35.5 Å². The van der Waals surface area contributed by atoms with Crippen molar-refractivity contribution in [2.75, 3.05) is 20.1 Å². The van der Waals surface area contributed by atoms with Gasteiger partial charge in [0.05, 0.1) is 0 Å². The second kappa shape index (κ2) is 7.21. The third-order valence-electron chi connectivity index (χ3n) is 2.99. The number of amides is 1. The van der Waals surface area contributed by atoms with Crippen LogP contribution in [-0.2, 0) is 17.9 Å². The maximum Gasteiger partial charge on any atom is 0.242 e. The molecule has 0 radical (unpaired) electrons. The molecule has 0 spiro atoms. The first-order chi connectivity index (χ1) is 8.54. The molecule has 1 amide bonds. The largest absolute Gasteiger partial charge is 0.344 e. The molecule has 0 saturated carbocycles. The van der Waals surface area contributed by atoms with Crippen molar-refractivity contribution in [2.24, 2.45) is 5.92 Å². The van der Waals surface area contributed by atoms with E-state index in [0.29, 0.717) is 12.5 Å². The van der Waals surface area contributed by atoms with Gasteiger partial charge in [-0.3, -0.25) is 4.79 Å². The number of nitrogens with zero attached hydrogens (tertiary/aromatic N) is 2. The summed E-state index contributed by atoms with van der Waals surface area (Å²) in [5.41, 5.74) is 1.16. The fourth-order valence-corrected chi connectivity index (χ4v) is 1.70. The van der Waals surface area contributed by atoms with E-state index in [1.54, 1.807) is 4.90 Å². The first-order valence-electron chi connectivity index (χ1n) is 6.63. The molecule has 0 aromatic carbocycles. The quantitative estimate of drug-likeness (QED) is 0.801. The third kappa shape index (κ3) is 4.53. The van der Waals surface area contributed by atoms with Gasteiger partial charge in [0.2, 0.25) is 5.91 Å². The van der Waals surface area contributed by atoms with Gasteiger partial charge in [-0.2, -0.15) is 0 Å². The molecule has 0 saturated heterocycles. The van der Waals surface area contributed by atoms with Crippen LogP contribution in [0.2, 0.25) is 0 Å². The second-order valence-corrected chi connectivity index (χ2v) is 5.06. The van der Waals surface area contributed by atoms with Gasteiger partial charge in [0.15, 0.2) is 0 Å². The van der Waals surface area contributed by atoms with E-state index in [2.05, 4.69) is 25.2 Å². The molecule has 0 aliphatic rings. The smallest absolute Gasteiger partial charge is 0.242 e. The Morgan fingerprint density at radius 2 is 2.22 bits per heavy atom. The SMILES string of the molecule is CCN(C)C(=O)Cn1cccc1CNCC(C)C. The number of carbonyl (C=O) groups is 1. The maximum atomic E-state index is 11.9. The molecule has 0 aliphatic heterocycles. The zero-order chi connectivity index (χ0) is 13.5. The van der Waals surface area contributed by atoms with Crippen LogP contribution in [0, 0.1) is 5.92 Å². The summed E-state index contributed by atoms with van der Waals surface area (Å²) in [7, 11) is 1.84. The number of carbonyl (C=O) groups excluding carboxylic acids is 1. The summed E-state index contributed by atoms with van der Waals surface area (Å²) in [6.07, 6.45) is 1.97. The van der Waals surface area contributed by atoms with Gasteiger partial charge in [-0.1, -0.05) is 13.8 Å². The molecule has 1 rings (SSSR count). The summed E-state index contributed by atoms with van der Waals surface area (Å²) >= 11 is 0. The van der Waals surface area contributed by atoms with Crippen molar-refractivity contribution in [3.05, 3.63) is 24.0 Å². The summed E-state index contributed by atoms with van der Waals surface area (Å²) in [4.78, 5) is 13.6. The molecule has 0 atom stereocenters. The molecule has 1 heterocycles. The lowest BCUT2D eigenvalue weighted by atomic mass is 10.2. The number of hydrogen-bond acceptors (Lipinski definition) is 2. The molecular weight excluding hydrogens is 226 g/mol. The van der Waals surface area contributed by atoms with E-state index in [9.17, 15) is 4.79 Å². The van der Waals surface area contributed by atoms with Crippen molar-refractivity contribution in [3.8, 4) is 0 Å². The summed E-state index contributed by atoms with van der Waals surface area (Å²) in [6.45, 7) is 9.34. The highest BCUT2D eigenvalue weighted by Crippen LogP contribution is 2.03. The van der Waals surface area contributed by atoms with E-state index in [1.165, 1.54) is 0 Å². The third-order valence-corrected chi connectivity index (χ3v) is 2.99. The number of nitrogens with one attached hydrogen (secondary N) is 1. The fourth-order valence-electron chi connectivity index (χ4n) is 1.70. The molecule has 0 aliphatic carbocycles. The number of aromatic nitrogens is 1. The van der Waals surface area contributed by atoms with Crippen LogP contribution in [0.25, 0.3) is 0 Å². The van der Waals surface area contributed by atoms with E-state index >= 15 is 0 Å². The van der Waals surface area contributed by atoms with Gasteiger partial charge in [0.25, 0.3) is 0 Å². The second-order valence-electron chi connectivity index (χ2n) is 5.06. The van der Waals surface area contributed by atoms with E-state index in [4.69, 9.17) is 0 Å². The van der Waals surface area contributed by atoms with Crippen molar-refractivity contribution >= 4 is 5.91 Å². The highest BCUT2D eigenvalue weighted by atomic mass is 16.2. The van der Waals surface area contributed by atoms with Crippen LogP contribution in [0.1, 0.15) is 26.5 Å². The lowest BCUT2D eigenvalue weighted by Crippen LogP contribution is -2.30. The molecule has 1 aromatic rings. The van der Waals surface area contributed by atoms with Gasteiger partial charge >= 0.3 is 0 Å². The molecule has 4 heteroatoms. The van der Waals surface area contributed by atoms with E-state index < -0.39 is 0 Å². The highest BCUT2D eigenvalue weighted by molar-refractivity contribution is 5.75. The monoisotopic (exact) mass is 251 g/mol. The molecule has 0 unspecified atom stereocenters. The predicted molar refractivity (Wildman–Crippen MR) is 74.3 cm³/mol. The van der Waals surface area contributed by atoms with Crippen LogP contribution in [0.4, 0.5) is 0 Å². The normalized spacial score (nSPS) is 10.9. The van der Waals surface area contributed by atoms with Crippen molar-refractivity contribution in [1.29, 1.82) is 0 Å². The molecular formula is C14H25N3O. The van der Waals surface area contributed by atoms with Gasteiger partial charge in [-0.15, -0.1) is 0 Å². The Hall–Kier alpha value is -1.29.